The van der Waals surface area contributed by atoms with E-state index in [1.807, 2.05) is 65.6 Å². The van der Waals surface area contributed by atoms with E-state index < -0.39 is 11.9 Å². The lowest BCUT2D eigenvalue weighted by Gasteiger charge is -2.36. The van der Waals surface area contributed by atoms with Crippen molar-refractivity contribution in [1.82, 2.24) is 15.1 Å². The van der Waals surface area contributed by atoms with Crippen LogP contribution in [0, 0.1) is 0 Å². The first-order valence-electron chi connectivity index (χ1n) is 11.3. The topological polar surface area (TPSA) is 94.9 Å². The first-order chi connectivity index (χ1) is 16.6. The van der Waals surface area contributed by atoms with Crippen LogP contribution in [0.15, 0.2) is 83.5 Å². The van der Waals surface area contributed by atoms with Gasteiger partial charge in [0.2, 0.25) is 11.8 Å². The van der Waals surface area contributed by atoms with Crippen molar-refractivity contribution < 1.29 is 18.8 Å². The molecule has 1 aromatic heterocycles. The molecule has 8 heteroatoms. The maximum Gasteiger partial charge on any atom is 0.287 e. The van der Waals surface area contributed by atoms with Crippen LogP contribution in [0.4, 0.5) is 5.69 Å². The van der Waals surface area contributed by atoms with Crippen LogP contribution in [-0.4, -0.2) is 66.3 Å². The van der Waals surface area contributed by atoms with E-state index in [9.17, 15) is 14.4 Å². The summed E-state index contributed by atoms with van der Waals surface area (Å²) in [6.07, 6.45) is 1.81. The maximum atomic E-state index is 13.4. The highest BCUT2D eigenvalue weighted by molar-refractivity contribution is 5.95. The third-order valence-electron chi connectivity index (χ3n) is 5.74. The molecule has 1 aliphatic rings. The quantitative estimate of drug-likeness (QED) is 0.538. The summed E-state index contributed by atoms with van der Waals surface area (Å²) in [4.78, 5) is 42.1. The number of nitrogens with one attached hydrogen (secondary N) is 2. The van der Waals surface area contributed by atoms with E-state index in [-0.39, 0.29) is 24.1 Å². The molecule has 8 nitrogen and oxygen atoms in total. The molecule has 1 atom stereocenters. The molecule has 3 aromatic rings. The Kier molecular flexibility index (Phi) is 7.72. The Balaban J connectivity index is 1.34. The van der Waals surface area contributed by atoms with Crippen molar-refractivity contribution in [2.24, 2.45) is 0 Å². The van der Waals surface area contributed by atoms with E-state index in [4.69, 9.17) is 4.42 Å². The fourth-order valence-corrected chi connectivity index (χ4v) is 3.96. The van der Waals surface area contributed by atoms with Gasteiger partial charge >= 0.3 is 0 Å². The molecule has 3 amide bonds. The second-order valence-electron chi connectivity index (χ2n) is 8.21. The molecule has 0 bridgehead atoms. The highest BCUT2D eigenvalue weighted by atomic mass is 16.3. The lowest BCUT2D eigenvalue weighted by Crippen LogP contribution is -2.56. The lowest BCUT2D eigenvalue weighted by molar-refractivity contribution is -0.135. The summed E-state index contributed by atoms with van der Waals surface area (Å²) in [5, 5.41) is 5.72. The number of piperazine rings is 1. The third-order valence-corrected chi connectivity index (χ3v) is 5.74. The van der Waals surface area contributed by atoms with Crippen LogP contribution in [0.2, 0.25) is 0 Å². The van der Waals surface area contributed by atoms with Crippen molar-refractivity contribution in [3.05, 3.63) is 90.4 Å². The summed E-state index contributed by atoms with van der Waals surface area (Å²) in [5.74, 6) is -0.480. The Morgan fingerprint density at radius 2 is 1.53 bits per heavy atom. The molecular formula is C26H28N4O4. The standard InChI is InChI=1S/C26H28N4O4/c31-24(27-21-10-5-2-6-11-21)19-29-13-15-30(16-14-29)26(33)22(18-20-8-3-1-4-9-20)28-25(32)23-12-7-17-34-23/h1-12,17,22H,13-16,18-19H2,(H,27,31)(H,28,32). The molecule has 0 aliphatic carbocycles. The third kappa shape index (κ3) is 6.32. The smallest absolute Gasteiger partial charge is 0.287 e. The van der Waals surface area contributed by atoms with Crippen molar-refractivity contribution in [2.45, 2.75) is 12.5 Å². The Bertz CT molecular complexity index is 1080. The number of amides is 3. The highest BCUT2D eigenvalue weighted by Crippen LogP contribution is 2.11. The van der Waals surface area contributed by atoms with Crippen LogP contribution in [0.3, 0.4) is 0 Å². The van der Waals surface area contributed by atoms with E-state index in [2.05, 4.69) is 10.6 Å². The van der Waals surface area contributed by atoms with Gasteiger partial charge in [0.15, 0.2) is 5.76 Å². The molecule has 1 saturated heterocycles. The highest BCUT2D eigenvalue weighted by Gasteiger charge is 2.30. The second kappa shape index (κ2) is 11.3. The minimum atomic E-state index is -0.715. The summed E-state index contributed by atoms with van der Waals surface area (Å²) in [7, 11) is 0. The number of carbonyl (C=O) groups is 3. The molecule has 1 fully saturated rings. The zero-order chi connectivity index (χ0) is 23.8. The van der Waals surface area contributed by atoms with E-state index >= 15 is 0 Å². The molecular weight excluding hydrogens is 432 g/mol. The molecule has 1 unspecified atom stereocenters. The first-order valence-corrected chi connectivity index (χ1v) is 11.3. The number of nitrogens with zero attached hydrogens (tertiary/aromatic N) is 2. The summed E-state index contributed by atoms with van der Waals surface area (Å²) in [6.45, 7) is 2.40. The lowest BCUT2D eigenvalue weighted by atomic mass is 10.0. The number of benzene rings is 2. The molecule has 1 aliphatic heterocycles. The Labute approximate surface area is 198 Å². The molecule has 176 valence electrons. The minimum absolute atomic E-state index is 0.0846. The van der Waals surface area contributed by atoms with Gasteiger partial charge in [0, 0.05) is 38.3 Å². The molecule has 0 radical (unpaired) electrons. The van der Waals surface area contributed by atoms with Crippen LogP contribution in [-0.2, 0) is 16.0 Å². The van der Waals surface area contributed by atoms with E-state index in [0.717, 1.165) is 11.3 Å². The molecule has 2 N–H and O–H groups in total. The zero-order valence-corrected chi connectivity index (χ0v) is 18.9. The fourth-order valence-electron chi connectivity index (χ4n) is 3.96. The van der Waals surface area contributed by atoms with Crippen LogP contribution < -0.4 is 10.6 Å². The van der Waals surface area contributed by atoms with Crippen molar-refractivity contribution in [1.29, 1.82) is 0 Å². The molecule has 4 rings (SSSR count). The number of hydrogen-bond acceptors (Lipinski definition) is 5. The number of rotatable bonds is 8. The van der Waals surface area contributed by atoms with Crippen LogP contribution in [0.5, 0.6) is 0 Å². The van der Waals surface area contributed by atoms with Gasteiger partial charge in [0.1, 0.15) is 6.04 Å². The van der Waals surface area contributed by atoms with E-state index in [0.29, 0.717) is 32.6 Å². The Morgan fingerprint density at radius 1 is 0.853 bits per heavy atom. The average Bonchev–Trinajstić information content (AvgIpc) is 3.40. The molecule has 34 heavy (non-hydrogen) atoms. The zero-order valence-electron chi connectivity index (χ0n) is 18.9. The number of anilines is 1. The SMILES string of the molecule is O=C(CN1CCN(C(=O)C(Cc2ccccc2)NC(=O)c2ccco2)CC1)Nc1ccccc1. The largest absolute Gasteiger partial charge is 0.459 e. The van der Waals surface area contributed by atoms with Gasteiger partial charge in [-0.1, -0.05) is 48.5 Å². The van der Waals surface area contributed by atoms with Gasteiger partial charge in [-0.05, 0) is 29.8 Å². The predicted octanol–water partition coefficient (Wildman–Crippen LogP) is 2.40. The maximum absolute atomic E-state index is 13.4. The van der Waals surface area contributed by atoms with Crippen LogP contribution in [0.25, 0.3) is 0 Å². The predicted molar refractivity (Wildman–Crippen MR) is 128 cm³/mol. The number of furan rings is 1. The van der Waals surface area contributed by atoms with Gasteiger partial charge in [-0.25, -0.2) is 0 Å². The van der Waals surface area contributed by atoms with Gasteiger partial charge in [0.25, 0.3) is 5.91 Å². The van der Waals surface area contributed by atoms with Crippen molar-refractivity contribution in [3.8, 4) is 0 Å². The number of carbonyl (C=O) groups excluding carboxylic acids is 3. The van der Waals surface area contributed by atoms with Gasteiger partial charge in [0.05, 0.1) is 12.8 Å². The molecule has 2 aromatic carbocycles. The van der Waals surface area contributed by atoms with Crippen LogP contribution >= 0.6 is 0 Å². The summed E-state index contributed by atoms with van der Waals surface area (Å²) in [6, 6.07) is 21.4. The van der Waals surface area contributed by atoms with Crippen LogP contribution in [0.1, 0.15) is 16.1 Å². The average molecular weight is 461 g/mol. The van der Waals surface area contributed by atoms with Gasteiger partial charge in [-0.3, -0.25) is 19.3 Å². The van der Waals surface area contributed by atoms with Gasteiger partial charge < -0.3 is 20.0 Å². The number of hydrogen-bond donors (Lipinski definition) is 2. The van der Waals surface area contributed by atoms with Crippen molar-refractivity contribution in [3.63, 3.8) is 0 Å². The molecule has 0 saturated carbocycles. The van der Waals surface area contributed by atoms with Crippen molar-refractivity contribution >= 4 is 23.4 Å². The summed E-state index contributed by atoms with van der Waals surface area (Å²) >= 11 is 0. The monoisotopic (exact) mass is 460 g/mol. The second-order valence-corrected chi connectivity index (χ2v) is 8.21. The number of para-hydroxylation sites is 1. The summed E-state index contributed by atoms with van der Waals surface area (Å²) in [5.41, 5.74) is 1.72. The van der Waals surface area contributed by atoms with Gasteiger partial charge in [-0.2, -0.15) is 0 Å². The molecule has 2 heterocycles. The Morgan fingerprint density at radius 3 is 2.18 bits per heavy atom. The Hall–Kier alpha value is -3.91. The minimum Gasteiger partial charge on any atom is -0.459 e. The van der Waals surface area contributed by atoms with Gasteiger partial charge in [-0.15, -0.1) is 0 Å². The normalized spacial score (nSPS) is 14.9. The molecule has 0 spiro atoms. The van der Waals surface area contributed by atoms with Crippen molar-refractivity contribution in [2.75, 3.05) is 38.0 Å². The van der Waals surface area contributed by atoms with E-state index in [1.54, 1.807) is 17.0 Å². The first kappa shape index (κ1) is 23.3. The fraction of sp³-hybridized carbons (Fsp3) is 0.269. The summed E-state index contributed by atoms with van der Waals surface area (Å²) < 4.78 is 5.18. The van der Waals surface area contributed by atoms with E-state index in [1.165, 1.54) is 6.26 Å².